The van der Waals surface area contributed by atoms with Crippen LogP contribution in [0.2, 0.25) is 0 Å². The Kier molecular flexibility index (Phi) is 5.45. The van der Waals surface area contributed by atoms with Crippen LogP contribution < -0.4 is 5.73 Å². The summed E-state index contributed by atoms with van der Waals surface area (Å²) in [4.78, 5) is 4.92. The van der Waals surface area contributed by atoms with E-state index in [4.69, 9.17) is 5.73 Å². The highest BCUT2D eigenvalue weighted by Crippen LogP contribution is 2.15. The van der Waals surface area contributed by atoms with Crippen LogP contribution in [-0.4, -0.2) is 56.1 Å². The van der Waals surface area contributed by atoms with Crippen molar-refractivity contribution in [3.63, 3.8) is 0 Å². The summed E-state index contributed by atoms with van der Waals surface area (Å²) in [5.74, 6) is 0.861. The second-order valence-corrected chi connectivity index (χ2v) is 4.45. The monoisotopic (exact) mass is 199 g/mol. The average Bonchev–Trinajstić information content (AvgIpc) is 2.17. The van der Waals surface area contributed by atoms with Crippen LogP contribution in [-0.2, 0) is 0 Å². The molecule has 1 heterocycles. The Morgan fingerprint density at radius 3 is 2.86 bits per heavy atom. The third kappa shape index (κ3) is 3.95. The third-order valence-electron chi connectivity index (χ3n) is 3.13. The quantitative estimate of drug-likeness (QED) is 0.704. The van der Waals surface area contributed by atoms with Crippen LogP contribution in [0.5, 0.6) is 0 Å². The number of likely N-dealkylation sites (N-methyl/N-ethyl adjacent to an activating group) is 1. The molecular formula is C11H25N3. The summed E-state index contributed by atoms with van der Waals surface area (Å²) in [7, 11) is 2.23. The van der Waals surface area contributed by atoms with Crippen molar-refractivity contribution in [3.05, 3.63) is 0 Å². The lowest BCUT2D eigenvalue weighted by Crippen LogP contribution is -2.40. The summed E-state index contributed by atoms with van der Waals surface area (Å²) >= 11 is 0. The molecule has 3 nitrogen and oxygen atoms in total. The van der Waals surface area contributed by atoms with E-state index in [-0.39, 0.29) is 0 Å². The summed E-state index contributed by atoms with van der Waals surface area (Å²) in [5.41, 5.74) is 5.59. The van der Waals surface area contributed by atoms with E-state index in [0.29, 0.717) is 0 Å². The van der Waals surface area contributed by atoms with E-state index in [1.165, 1.54) is 32.5 Å². The maximum absolute atomic E-state index is 5.59. The molecule has 0 amide bonds. The second-order valence-electron chi connectivity index (χ2n) is 4.45. The van der Waals surface area contributed by atoms with Crippen LogP contribution in [0.15, 0.2) is 0 Å². The van der Waals surface area contributed by atoms with E-state index in [9.17, 15) is 0 Å². The van der Waals surface area contributed by atoms with Crippen LogP contribution in [0.1, 0.15) is 19.8 Å². The van der Waals surface area contributed by atoms with Gasteiger partial charge in [0.05, 0.1) is 0 Å². The van der Waals surface area contributed by atoms with Gasteiger partial charge in [0.15, 0.2) is 0 Å². The van der Waals surface area contributed by atoms with Gasteiger partial charge in [-0.1, -0.05) is 6.92 Å². The summed E-state index contributed by atoms with van der Waals surface area (Å²) in [6, 6.07) is 0. The van der Waals surface area contributed by atoms with Crippen molar-refractivity contribution < 1.29 is 0 Å². The predicted octanol–water partition coefficient (Wildman–Crippen LogP) is 0.609. The summed E-state index contributed by atoms with van der Waals surface area (Å²) in [5, 5.41) is 0. The first-order valence-corrected chi connectivity index (χ1v) is 5.87. The van der Waals surface area contributed by atoms with Crippen molar-refractivity contribution in [2.45, 2.75) is 19.8 Å². The molecule has 2 N–H and O–H groups in total. The highest BCUT2D eigenvalue weighted by molar-refractivity contribution is 4.73. The zero-order valence-corrected chi connectivity index (χ0v) is 9.71. The van der Waals surface area contributed by atoms with Gasteiger partial charge in [0.1, 0.15) is 0 Å². The van der Waals surface area contributed by atoms with Crippen molar-refractivity contribution in [2.75, 3.05) is 46.3 Å². The minimum Gasteiger partial charge on any atom is -0.329 e. The fraction of sp³-hybridized carbons (Fsp3) is 1.00. The molecule has 0 aromatic rings. The maximum atomic E-state index is 5.59. The summed E-state index contributed by atoms with van der Waals surface area (Å²) in [6.45, 7) is 8.98. The number of rotatable bonds is 5. The number of piperidine rings is 1. The molecule has 0 unspecified atom stereocenters. The van der Waals surface area contributed by atoms with Gasteiger partial charge in [-0.2, -0.15) is 0 Å². The van der Waals surface area contributed by atoms with E-state index in [0.717, 1.165) is 25.6 Å². The van der Waals surface area contributed by atoms with Crippen molar-refractivity contribution >= 4 is 0 Å². The molecule has 0 radical (unpaired) electrons. The van der Waals surface area contributed by atoms with Gasteiger partial charge in [0, 0.05) is 26.2 Å². The molecule has 1 rings (SSSR count). The number of hydrogen-bond acceptors (Lipinski definition) is 3. The smallest absolute Gasteiger partial charge is 0.0105 e. The Morgan fingerprint density at radius 1 is 1.50 bits per heavy atom. The molecular weight excluding hydrogens is 174 g/mol. The van der Waals surface area contributed by atoms with Gasteiger partial charge in [0.25, 0.3) is 0 Å². The van der Waals surface area contributed by atoms with E-state index >= 15 is 0 Å². The first kappa shape index (κ1) is 12.0. The lowest BCUT2D eigenvalue weighted by atomic mass is 9.98. The minimum absolute atomic E-state index is 0.788. The van der Waals surface area contributed by atoms with Crippen LogP contribution in [0.3, 0.4) is 0 Å². The van der Waals surface area contributed by atoms with Gasteiger partial charge in [-0.25, -0.2) is 0 Å². The first-order chi connectivity index (χ1) is 6.76. The standard InChI is InChI=1S/C11H25N3/c1-3-14(8-6-12)10-11-5-4-7-13(2)9-11/h11H,3-10,12H2,1-2H3/t11-/m0/s1. The fourth-order valence-electron chi connectivity index (χ4n) is 2.35. The molecule has 0 aromatic heterocycles. The zero-order valence-electron chi connectivity index (χ0n) is 9.71. The molecule has 1 aliphatic rings. The fourth-order valence-corrected chi connectivity index (χ4v) is 2.35. The van der Waals surface area contributed by atoms with Crippen LogP contribution in [0.25, 0.3) is 0 Å². The second kappa shape index (κ2) is 6.38. The number of hydrogen-bond donors (Lipinski definition) is 1. The van der Waals surface area contributed by atoms with Gasteiger partial charge in [0.2, 0.25) is 0 Å². The molecule has 1 fully saturated rings. The predicted molar refractivity (Wildman–Crippen MR) is 61.4 cm³/mol. The number of nitrogens with two attached hydrogens (primary N) is 1. The van der Waals surface area contributed by atoms with Crippen molar-refractivity contribution in [3.8, 4) is 0 Å². The minimum atomic E-state index is 0.788. The third-order valence-corrected chi connectivity index (χ3v) is 3.13. The van der Waals surface area contributed by atoms with Gasteiger partial charge in [-0.3, -0.25) is 0 Å². The Labute approximate surface area is 88.2 Å². The average molecular weight is 199 g/mol. The van der Waals surface area contributed by atoms with E-state index in [1.807, 2.05) is 0 Å². The van der Waals surface area contributed by atoms with E-state index in [2.05, 4.69) is 23.8 Å². The highest BCUT2D eigenvalue weighted by Gasteiger charge is 2.18. The molecule has 0 spiro atoms. The largest absolute Gasteiger partial charge is 0.329 e. The molecule has 14 heavy (non-hydrogen) atoms. The first-order valence-electron chi connectivity index (χ1n) is 5.87. The van der Waals surface area contributed by atoms with E-state index in [1.54, 1.807) is 0 Å². The molecule has 0 saturated carbocycles. The molecule has 0 aliphatic carbocycles. The summed E-state index contributed by atoms with van der Waals surface area (Å²) < 4.78 is 0. The van der Waals surface area contributed by atoms with Gasteiger partial charge < -0.3 is 15.5 Å². The molecule has 1 saturated heterocycles. The molecule has 1 atom stereocenters. The number of nitrogens with zero attached hydrogens (tertiary/aromatic N) is 2. The van der Waals surface area contributed by atoms with Crippen LogP contribution in [0, 0.1) is 5.92 Å². The molecule has 0 bridgehead atoms. The normalized spacial score (nSPS) is 24.4. The molecule has 3 heteroatoms. The van der Waals surface area contributed by atoms with Crippen molar-refractivity contribution in [2.24, 2.45) is 11.7 Å². The molecule has 84 valence electrons. The highest BCUT2D eigenvalue weighted by atomic mass is 15.1. The zero-order chi connectivity index (χ0) is 10.4. The van der Waals surface area contributed by atoms with Crippen LogP contribution in [0.4, 0.5) is 0 Å². The Morgan fingerprint density at radius 2 is 2.29 bits per heavy atom. The Bertz CT molecular complexity index is 149. The summed E-state index contributed by atoms with van der Waals surface area (Å²) in [6.07, 6.45) is 2.76. The molecule has 0 aromatic carbocycles. The van der Waals surface area contributed by atoms with Gasteiger partial charge in [-0.05, 0) is 38.9 Å². The van der Waals surface area contributed by atoms with Crippen molar-refractivity contribution in [1.82, 2.24) is 9.80 Å². The lowest BCUT2D eigenvalue weighted by Gasteiger charge is -2.33. The lowest BCUT2D eigenvalue weighted by molar-refractivity contribution is 0.157. The van der Waals surface area contributed by atoms with E-state index < -0.39 is 0 Å². The topological polar surface area (TPSA) is 32.5 Å². The van der Waals surface area contributed by atoms with Gasteiger partial charge >= 0.3 is 0 Å². The van der Waals surface area contributed by atoms with Gasteiger partial charge in [-0.15, -0.1) is 0 Å². The number of likely N-dealkylation sites (tertiary alicyclic amines) is 1. The molecule has 1 aliphatic heterocycles. The van der Waals surface area contributed by atoms with Crippen LogP contribution >= 0.6 is 0 Å². The Hall–Kier alpha value is -0.120. The maximum Gasteiger partial charge on any atom is 0.0105 e. The Balaban J connectivity index is 2.26. The SMILES string of the molecule is CCN(CCN)C[C@H]1CCCN(C)C1. The van der Waals surface area contributed by atoms with Crippen molar-refractivity contribution in [1.29, 1.82) is 0 Å².